The lowest BCUT2D eigenvalue weighted by atomic mass is 9.97. The zero-order valence-corrected chi connectivity index (χ0v) is 7.35. The molecule has 0 bridgehead atoms. The van der Waals surface area contributed by atoms with Gasteiger partial charge in [0.05, 0.1) is 6.67 Å². The number of halogens is 8. The van der Waals surface area contributed by atoms with Crippen LogP contribution in [0.15, 0.2) is 0 Å². The largest absolute Gasteiger partial charge is 0.431 e. The van der Waals surface area contributed by atoms with Gasteiger partial charge in [0, 0.05) is 0 Å². The first kappa shape index (κ1) is 14.4. The third kappa shape index (κ3) is 3.20. The second kappa shape index (κ2) is 4.52. The van der Waals surface area contributed by atoms with Gasteiger partial charge in [-0.3, -0.25) is 4.39 Å². The molecule has 0 radical (unpaired) electrons. The predicted octanol–water partition coefficient (Wildman–Crippen LogP) is 3.96. The van der Waals surface area contributed by atoms with Crippen molar-refractivity contribution in [1.82, 2.24) is 0 Å². The van der Waals surface area contributed by atoms with Crippen molar-refractivity contribution in [2.24, 2.45) is 0 Å². The SMILES string of the molecule is FCCCCC(F)(C(F)(F)F)C(F)(F)F. The van der Waals surface area contributed by atoms with Crippen LogP contribution in [0.4, 0.5) is 35.1 Å². The Labute approximate surface area is 80.3 Å². The number of hydrogen-bond donors (Lipinski definition) is 0. The molecule has 0 amide bonds. The molecule has 15 heavy (non-hydrogen) atoms. The fourth-order valence-electron chi connectivity index (χ4n) is 0.907. The van der Waals surface area contributed by atoms with Crippen LogP contribution in [-0.2, 0) is 0 Å². The summed E-state index contributed by atoms with van der Waals surface area (Å²) < 4.78 is 95.3. The Bertz CT molecular complexity index is 176. The summed E-state index contributed by atoms with van der Waals surface area (Å²) in [6, 6.07) is 0. The summed E-state index contributed by atoms with van der Waals surface area (Å²) in [6.07, 6.45) is -15.2. The summed E-state index contributed by atoms with van der Waals surface area (Å²) in [5.74, 6) is 0. The van der Waals surface area contributed by atoms with E-state index < -0.39 is 44.0 Å². The van der Waals surface area contributed by atoms with Crippen LogP contribution >= 0.6 is 0 Å². The minimum Gasteiger partial charge on any atom is -0.251 e. The van der Waals surface area contributed by atoms with E-state index in [0.717, 1.165) is 0 Å². The Hall–Kier alpha value is -0.560. The highest BCUT2D eigenvalue weighted by molar-refractivity contribution is 4.94. The van der Waals surface area contributed by atoms with Crippen LogP contribution in [0.5, 0.6) is 0 Å². The van der Waals surface area contributed by atoms with E-state index in [4.69, 9.17) is 0 Å². The maximum atomic E-state index is 12.8. The summed E-state index contributed by atoms with van der Waals surface area (Å²) in [5.41, 5.74) is -5.24. The van der Waals surface area contributed by atoms with E-state index >= 15 is 0 Å². The number of hydrogen-bond acceptors (Lipinski definition) is 0. The Morgan fingerprint density at radius 2 is 1.07 bits per heavy atom. The molecule has 0 aliphatic rings. The highest BCUT2D eigenvalue weighted by atomic mass is 19.4. The first-order valence-electron chi connectivity index (χ1n) is 3.94. The van der Waals surface area contributed by atoms with Gasteiger partial charge in [0.25, 0.3) is 5.67 Å². The lowest BCUT2D eigenvalue weighted by molar-refractivity contribution is -0.343. The maximum absolute atomic E-state index is 12.8. The molecule has 0 nitrogen and oxygen atoms in total. The van der Waals surface area contributed by atoms with Crippen molar-refractivity contribution in [1.29, 1.82) is 0 Å². The molecule has 0 spiro atoms. The molecule has 0 unspecified atom stereocenters. The predicted molar refractivity (Wildman–Crippen MR) is 35.8 cm³/mol. The number of alkyl halides is 8. The quantitative estimate of drug-likeness (QED) is 0.518. The smallest absolute Gasteiger partial charge is 0.251 e. The first-order chi connectivity index (χ1) is 6.56. The molecular weight excluding hydrogens is 236 g/mol. The molecule has 0 N–H and O–H groups in total. The van der Waals surface area contributed by atoms with Gasteiger partial charge in [-0.05, 0) is 19.3 Å². The monoisotopic (exact) mass is 244 g/mol. The van der Waals surface area contributed by atoms with Crippen LogP contribution in [0.25, 0.3) is 0 Å². The van der Waals surface area contributed by atoms with Crippen molar-refractivity contribution in [2.45, 2.75) is 37.3 Å². The summed E-state index contributed by atoms with van der Waals surface area (Å²) in [6.45, 7) is -1.08. The van der Waals surface area contributed by atoms with Gasteiger partial charge >= 0.3 is 12.4 Å². The van der Waals surface area contributed by atoms with E-state index in [1.807, 2.05) is 0 Å². The topological polar surface area (TPSA) is 0 Å². The number of unbranched alkanes of at least 4 members (excludes halogenated alkanes) is 1. The maximum Gasteiger partial charge on any atom is 0.431 e. The van der Waals surface area contributed by atoms with Gasteiger partial charge in [0.1, 0.15) is 0 Å². The van der Waals surface area contributed by atoms with E-state index in [0.29, 0.717) is 0 Å². The minimum atomic E-state index is -6.03. The van der Waals surface area contributed by atoms with Crippen molar-refractivity contribution in [3.05, 3.63) is 0 Å². The van der Waals surface area contributed by atoms with Crippen LogP contribution in [0.3, 0.4) is 0 Å². The molecule has 0 atom stereocenters. The lowest BCUT2D eigenvalue weighted by Gasteiger charge is -2.29. The zero-order chi connectivity index (χ0) is 12.3. The summed E-state index contributed by atoms with van der Waals surface area (Å²) in [5, 5.41) is 0. The van der Waals surface area contributed by atoms with Gasteiger partial charge < -0.3 is 0 Å². The van der Waals surface area contributed by atoms with Gasteiger partial charge in [-0.15, -0.1) is 0 Å². The van der Waals surface area contributed by atoms with Crippen molar-refractivity contribution >= 4 is 0 Å². The van der Waals surface area contributed by atoms with Crippen LogP contribution in [0, 0.1) is 0 Å². The molecule has 8 heteroatoms. The highest BCUT2D eigenvalue weighted by Crippen LogP contribution is 2.49. The van der Waals surface area contributed by atoms with Gasteiger partial charge in [-0.1, -0.05) is 0 Å². The molecule has 0 aromatic heterocycles. The molecule has 0 aliphatic heterocycles. The second-order valence-electron chi connectivity index (χ2n) is 2.94. The molecule has 0 aromatic rings. The standard InChI is InChI=1S/C7H8F8/c8-4-2-1-3-5(9,6(10,11)12)7(13,14)15/h1-4H2. The first-order valence-corrected chi connectivity index (χ1v) is 3.94. The lowest BCUT2D eigenvalue weighted by Crippen LogP contribution is -2.53. The van der Waals surface area contributed by atoms with Crippen LogP contribution in [0.2, 0.25) is 0 Å². The van der Waals surface area contributed by atoms with Gasteiger partial charge in [0.2, 0.25) is 0 Å². The Morgan fingerprint density at radius 1 is 0.667 bits per heavy atom. The summed E-state index contributed by atoms with van der Waals surface area (Å²) >= 11 is 0. The average Bonchev–Trinajstić information content (AvgIpc) is 2.00. The molecule has 0 rings (SSSR count). The zero-order valence-electron chi connectivity index (χ0n) is 7.35. The second-order valence-corrected chi connectivity index (χ2v) is 2.94. The van der Waals surface area contributed by atoms with Crippen LogP contribution in [0.1, 0.15) is 19.3 Å². The van der Waals surface area contributed by atoms with E-state index in [9.17, 15) is 35.1 Å². The molecule has 0 heterocycles. The number of rotatable bonds is 4. The van der Waals surface area contributed by atoms with Gasteiger partial charge in [-0.2, -0.15) is 26.3 Å². The third-order valence-electron chi connectivity index (χ3n) is 1.80. The molecule has 0 aliphatic carbocycles. The minimum absolute atomic E-state index is 0.530. The molecular formula is C7H8F8. The van der Waals surface area contributed by atoms with Crippen molar-refractivity contribution in [2.75, 3.05) is 6.67 Å². The Kier molecular flexibility index (Phi) is 4.36. The van der Waals surface area contributed by atoms with E-state index in [1.54, 1.807) is 0 Å². The van der Waals surface area contributed by atoms with Gasteiger partial charge in [-0.25, -0.2) is 4.39 Å². The molecule has 0 saturated heterocycles. The van der Waals surface area contributed by atoms with E-state index in [-0.39, 0.29) is 0 Å². The van der Waals surface area contributed by atoms with Crippen molar-refractivity contribution in [3.63, 3.8) is 0 Å². The van der Waals surface area contributed by atoms with Crippen molar-refractivity contribution in [3.8, 4) is 0 Å². The van der Waals surface area contributed by atoms with Crippen LogP contribution in [-0.4, -0.2) is 24.7 Å². The normalized spacial score (nSPS) is 14.4. The molecule has 92 valence electrons. The van der Waals surface area contributed by atoms with Gasteiger partial charge in [0.15, 0.2) is 0 Å². The van der Waals surface area contributed by atoms with Crippen LogP contribution < -0.4 is 0 Å². The summed E-state index contributed by atoms with van der Waals surface area (Å²) in [4.78, 5) is 0. The fourth-order valence-corrected chi connectivity index (χ4v) is 0.907. The van der Waals surface area contributed by atoms with E-state index in [1.165, 1.54) is 0 Å². The highest BCUT2D eigenvalue weighted by Gasteiger charge is 2.71. The average molecular weight is 244 g/mol. The molecule has 0 saturated carbocycles. The Balaban J connectivity index is 4.74. The third-order valence-corrected chi connectivity index (χ3v) is 1.80. The van der Waals surface area contributed by atoms with Crippen molar-refractivity contribution < 1.29 is 35.1 Å². The van der Waals surface area contributed by atoms with E-state index in [2.05, 4.69) is 0 Å². The fraction of sp³-hybridized carbons (Fsp3) is 1.00. The Morgan fingerprint density at radius 3 is 1.33 bits per heavy atom. The molecule has 0 fully saturated rings. The summed E-state index contributed by atoms with van der Waals surface area (Å²) in [7, 11) is 0. The molecule has 0 aromatic carbocycles.